The van der Waals surface area contributed by atoms with Crippen molar-refractivity contribution < 1.29 is 14.3 Å². The van der Waals surface area contributed by atoms with Crippen LogP contribution in [-0.4, -0.2) is 39.5 Å². The van der Waals surface area contributed by atoms with E-state index < -0.39 is 0 Å². The Morgan fingerprint density at radius 1 is 1.07 bits per heavy atom. The van der Waals surface area contributed by atoms with E-state index in [2.05, 4.69) is 10.2 Å². The van der Waals surface area contributed by atoms with Gasteiger partial charge in [0.1, 0.15) is 0 Å². The third-order valence-corrected chi connectivity index (χ3v) is 5.29. The molecular formula is C20H19N3O3S. The van der Waals surface area contributed by atoms with Gasteiger partial charge in [-0.3, -0.25) is 4.79 Å². The number of rotatable bonds is 5. The molecule has 27 heavy (non-hydrogen) atoms. The maximum absolute atomic E-state index is 12.3. The van der Waals surface area contributed by atoms with Crippen molar-refractivity contribution in [2.45, 2.75) is 11.6 Å². The molecule has 0 saturated heterocycles. The van der Waals surface area contributed by atoms with E-state index in [0.29, 0.717) is 29.7 Å². The first-order chi connectivity index (χ1) is 13.2. The number of benzene rings is 2. The lowest BCUT2D eigenvalue weighted by Crippen LogP contribution is -2.03. The molecule has 3 aromatic rings. The fourth-order valence-electron chi connectivity index (χ4n) is 2.83. The molecule has 4 rings (SSSR count). The van der Waals surface area contributed by atoms with Gasteiger partial charge >= 0.3 is 0 Å². The van der Waals surface area contributed by atoms with Gasteiger partial charge in [-0.15, -0.1) is 10.2 Å². The zero-order valence-electron chi connectivity index (χ0n) is 14.9. The SMILES string of the molecule is Cn1c(SCC(=O)c2ccccc2)nnc1-c1ccc2c(c1)OCCCO2. The first kappa shape index (κ1) is 17.6. The number of hydrogen-bond acceptors (Lipinski definition) is 6. The highest BCUT2D eigenvalue weighted by atomic mass is 32.2. The predicted molar refractivity (Wildman–Crippen MR) is 104 cm³/mol. The smallest absolute Gasteiger partial charge is 0.191 e. The standard InChI is InChI=1S/C20H19N3O3S/c1-23-19(15-8-9-17-18(12-15)26-11-5-10-25-17)21-22-20(23)27-13-16(24)14-6-3-2-4-7-14/h2-4,6-9,12H,5,10-11,13H2,1H3. The molecule has 7 heteroatoms. The molecule has 1 aromatic heterocycles. The fraction of sp³-hybridized carbons (Fsp3) is 0.250. The van der Waals surface area contributed by atoms with Gasteiger partial charge < -0.3 is 14.0 Å². The lowest BCUT2D eigenvalue weighted by molar-refractivity contribution is 0.102. The van der Waals surface area contributed by atoms with Crippen LogP contribution in [0, 0.1) is 0 Å². The Hall–Kier alpha value is -2.80. The molecule has 0 saturated carbocycles. The van der Waals surface area contributed by atoms with Crippen LogP contribution in [0.1, 0.15) is 16.8 Å². The topological polar surface area (TPSA) is 66.2 Å². The minimum atomic E-state index is 0.0701. The van der Waals surface area contributed by atoms with Gasteiger partial charge in [0, 0.05) is 24.6 Å². The summed E-state index contributed by atoms with van der Waals surface area (Å²) < 4.78 is 13.3. The number of thioether (sulfide) groups is 1. The summed E-state index contributed by atoms with van der Waals surface area (Å²) in [6.45, 7) is 1.30. The molecule has 1 aliphatic rings. The van der Waals surface area contributed by atoms with Crippen LogP contribution >= 0.6 is 11.8 Å². The van der Waals surface area contributed by atoms with E-state index in [4.69, 9.17) is 9.47 Å². The number of ketones is 1. The van der Waals surface area contributed by atoms with Crippen molar-refractivity contribution in [2.24, 2.45) is 7.05 Å². The summed E-state index contributed by atoms with van der Waals surface area (Å²) in [6.07, 6.45) is 0.865. The minimum absolute atomic E-state index is 0.0701. The highest BCUT2D eigenvalue weighted by Gasteiger charge is 2.17. The Balaban J connectivity index is 1.51. The van der Waals surface area contributed by atoms with Crippen LogP contribution in [0.25, 0.3) is 11.4 Å². The normalized spacial score (nSPS) is 13.2. The molecule has 0 radical (unpaired) electrons. The van der Waals surface area contributed by atoms with Gasteiger partial charge in [0.05, 0.1) is 19.0 Å². The summed E-state index contributed by atoms with van der Waals surface area (Å²) in [7, 11) is 1.90. The van der Waals surface area contributed by atoms with Gasteiger partial charge in [0.2, 0.25) is 0 Å². The average molecular weight is 381 g/mol. The molecule has 0 aliphatic carbocycles. The first-order valence-corrected chi connectivity index (χ1v) is 9.71. The minimum Gasteiger partial charge on any atom is -0.490 e. The van der Waals surface area contributed by atoms with E-state index in [1.54, 1.807) is 0 Å². The highest BCUT2D eigenvalue weighted by molar-refractivity contribution is 7.99. The van der Waals surface area contributed by atoms with E-state index in [1.165, 1.54) is 11.8 Å². The van der Waals surface area contributed by atoms with E-state index in [9.17, 15) is 4.79 Å². The second kappa shape index (κ2) is 7.84. The lowest BCUT2D eigenvalue weighted by atomic mass is 10.2. The number of Topliss-reactive ketones (excluding diaryl/α,β-unsaturated/α-hetero) is 1. The predicted octanol–water partition coefficient (Wildman–Crippen LogP) is 3.62. The second-order valence-electron chi connectivity index (χ2n) is 6.16. The van der Waals surface area contributed by atoms with E-state index >= 15 is 0 Å². The third kappa shape index (κ3) is 3.83. The number of hydrogen-bond donors (Lipinski definition) is 0. The lowest BCUT2D eigenvalue weighted by Gasteiger charge is -2.09. The second-order valence-corrected chi connectivity index (χ2v) is 7.10. The van der Waals surface area contributed by atoms with Crippen molar-refractivity contribution >= 4 is 17.5 Å². The van der Waals surface area contributed by atoms with E-state index in [-0.39, 0.29) is 5.78 Å². The summed E-state index contributed by atoms with van der Waals surface area (Å²) in [5.74, 6) is 2.58. The number of carbonyl (C=O) groups excluding carboxylic acids is 1. The molecular weight excluding hydrogens is 362 g/mol. The summed E-state index contributed by atoms with van der Waals surface area (Å²) in [5.41, 5.74) is 1.60. The molecule has 0 fully saturated rings. The van der Waals surface area contributed by atoms with Crippen LogP contribution in [0.3, 0.4) is 0 Å². The van der Waals surface area contributed by atoms with Gasteiger partial charge in [-0.25, -0.2) is 0 Å². The van der Waals surface area contributed by atoms with Gasteiger partial charge in [-0.1, -0.05) is 42.1 Å². The van der Waals surface area contributed by atoms with Crippen molar-refractivity contribution in [1.29, 1.82) is 0 Å². The summed E-state index contributed by atoms with van der Waals surface area (Å²) >= 11 is 1.38. The molecule has 0 spiro atoms. The maximum atomic E-state index is 12.3. The number of carbonyl (C=O) groups is 1. The third-order valence-electron chi connectivity index (χ3n) is 4.27. The van der Waals surface area contributed by atoms with E-state index in [1.807, 2.05) is 60.1 Å². The van der Waals surface area contributed by atoms with Crippen molar-refractivity contribution in [3.05, 3.63) is 54.1 Å². The molecule has 1 aliphatic heterocycles. The molecule has 6 nitrogen and oxygen atoms in total. The molecule has 0 amide bonds. The quantitative estimate of drug-likeness (QED) is 0.497. The Kier molecular flexibility index (Phi) is 5.11. The van der Waals surface area contributed by atoms with Crippen molar-refractivity contribution in [2.75, 3.05) is 19.0 Å². The summed E-state index contributed by atoms with van der Waals surface area (Å²) in [6, 6.07) is 15.0. The van der Waals surface area contributed by atoms with Crippen LogP contribution in [0.15, 0.2) is 53.7 Å². The molecule has 2 aromatic carbocycles. The molecule has 0 bridgehead atoms. The van der Waals surface area contributed by atoms with Gasteiger partial charge in [-0.2, -0.15) is 0 Å². The van der Waals surface area contributed by atoms with Crippen molar-refractivity contribution in [3.8, 4) is 22.9 Å². The fourth-order valence-corrected chi connectivity index (χ4v) is 3.64. The van der Waals surface area contributed by atoms with Crippen LogP contribution in [-0.2, 0) is 7.05 Å². The number of ether oxygens (including phenoxy) is 2. The maximum Gasteiger partial charge on any atom is 0.191 e. The van der Waals surface area contributed by atoms with Crippen molar-refractivity contribution in [3.63, 3.8) is 0 Å². The average Bonchev–Trinajstić information content (AvgIpc) is 2.91. The van der Waals surface area contributed by atoms with Gasteiger partial charge in [0.25, 0.3) is 0 Å². The Morgan fingerprint density at radius 3 is 2.67 bits per heavy atom. The molecule has 2 heterocycles. The number of aromatic nitrogens is 3. The highest BCUT2D eigenvalue weighted by Crippen LogP contribution is 2.34. The number of nitrogens with zero attached hydrogens (tertiary/aromatic N) is 3. The van der Waals surface area contributed by atoms with Gasteiger partial charge in [0.15, 0.2) is 28.3 Å². The number of fused-ring (bicyclic) bond motifs is 1. The summed E-state index contributed by atoms with van der Waals surface area (Å²) in [4.78, 5) is 12.3. The van der Waals surface area contributed by atoms with Crippen LogP contribution < -0.4 is 9.47 Å². The van der Waals surface area contributed by atoms with Crippen LogP contribution in [0.2, 0.25) is 0 Å². The Bertz CT molecular complexity index is 956. The van der Waals surface area contributed by atoms with Crippen LogP contribution in [0.5, 0.6) is 11.5 Å². The van der Waals surface area contributed by atoms with Crippen LogP contribution in [0.4, 0.5) is 0 Å². The Morgan fingerprint density at radius 2 is 1.85 bits per heavy atom. The zero-order valence-corrected chi connectivity index (χ0v) is 15.7. The summed E-state index contributed by atoms with van der Waals surface area (Å²) in [5, 5.41) is 9.23. The van der Waals surface area contributed by atoms with Crippen molar-refractivity contribution in [1.82, 2.24) is 14.8 Å². The van der Waals surface area contributed by atoms with E-state index in [0.717, 1.165) is 29.3 Å². The molecule has 0 N–H and O–H groups in total. The molecule has 0 unspecified atom stereocenters. The monoisotopic (exact) mass is 381 g/mol. The first-order valence-electron chi connectivity index (χ1n) is 8.73. The van der Waals surface area contributed by atoms with Gasteiger partial charge in [-0.05, 0) is 18.2 Å². The Labute approximate surface area is 161 Å². The zero-order chi connectivity index (χ0) is 18.6. The molecule has 138 valence electrons. The molecule has 0 atom stereocenters. The largest absolute Gasteiger partial charge is 0.490 e.